The fourth-order valence-electron chi connectivity index (χ4n) is 4.94. The molecule has 1 aliphatic heterocycles. The predicted molar refractivity (Wildman–Crippen MR) is 121 cm³/mol. The second kappa shape index (κ2) is 8.73. The molecule has 0 atom stereocenters. The van der Waals surface area contributed by atoms with Crippen LogP contribution in [-0.2, 0) is 4.79 Å². The summed E-state index contributed by atoms with van der Waals surface area (Å²) in [4.78, 5) is 32.0. The summed E-state index contributed by atoms with van der Waals surface area (Å²) in [5, 5.41) is 8.04. The van der Waals surface area contributed by atoms with Crippen molar-refractivity contribution in [3.8, 4) is 0 Å². The molecule has 1 saturated heterocycles. The summed E-state index contributed by atoms with van der Waals surface area (Å²) >= 11 is 0. The van der Waals surface area contributed by atoms with Gasteiger partial charge in [-0.15, -0.1) is 0 Å². The van der Waals surface area contributed by atoms with Crippen LogP contribution in [0.2, 0.25) is 0 Å². The molecule has 3 heterocycles. The molecular formula is C25H28N4O3. The number of carbonyl (C=O) groups excluding carboxylic acids is 2. The molecule has 7 heteroatoms. The molecule has 5 rings (SSSR count). The number of amides is 2. The summed E-state index contributed by atoms with van der Waals surface area (Å²) < 4.78 is 5.38. The van der Waals surface area contributed by atoms with Gasteiger partial charge < -0.3 is 14.7 Å². The number of anilines is 1. The molecule has 1 N–H and O–H groups in total. The van der Waals surface area contributed by atoms with E-state index in [0.29, 0.717) is 11.6 Å². The van der Waals surface area contributed by atoms with Crippen molar-refractivity contribution in [3.05, 3.63) is 53.5 Å². The number of aryl methyl sites for hydroxylation is 1. The first-order chi connectivity index (χ1) is 15.6. The van der Waals surface area contributed by atoms with Crippen molar-refractivity contribution >= 4 is 28.4 Å². The zero-order chi connectivity index (χ0) is 22.1. The van der Waals surface area contributed by atoms with Gasteiger partial charge in [0.15, 0.2) is 0 Å². The lowest BCUT2D eigenvalue weighted by Crippen LogP contribution is -2.40. The number of carbonyl (C=O) groups is 2. The minimum atomic E-state index is -0.339. The van der Waals surface area contributed by atoms with Gasteiger partial charge in [0.05, 0.1) is 16.9 Å². The van der Waals surface area contributed by atoms with E-state index in [-0.39, 0.29) is 23.5 Å². The summed E-state index contributed by atoms with van der Waals surface area (Å²) in [6, 6.07) is 11.4. The third-order valence-electron chi connectivity index (χ3n) is 6.79. The Morgan fingerprint density at radius 1 is 1.06 bits per heavy atom. The van der Waals surface area contributed by atoms with E-state index in [1.807, 2.05) is 42.2 Å². The standard InChI is InChI=1S/C25H28N4O3/c1-16-9-10-18-7-4-8-20(23(18)26-16)27-24(30)22-15-21(28-32-22)17-11-13-29(14-12-17)25(31)19-5-2-3-6-19/h4,7-10,15,17,19H,2-3,5-6,11-14H2,1H3,(H,27,30). The van der Waals surface area contributed by atoms with E-state index >= 15 is 0 Å². The van der Waals surface area contributed by atoms with Crippen molar-refractivity contribution in [2.24, 2.45) is 5.92 Å². The molecule has 32 heavy (non-hydrogen) atoms. The lowest BCUT2D eigenvalue weighted by molar-refractivity contribution is -0.136. The Hall–Kier alpha value is -3.22. The lowest BCUT2D eigenvalue weighted by atomic mass is 9.92. The van der Waals surface area contributed by atoms with Crippen molar-refractivity contribution in [1.82, 2.24) is 15.0 Å². The average Bonchev–Trinajstić information content (AvgIpc) is 3.52. The number of nitrogens with one attached hydrogen (secondary N) is 1. The predicted octanol–water partition coefficient (Wildman–Crippen LogP) is 4.68. The summed E-state index contributed by atoms with van der Waals surface area (Å²) in [6.07, 6.45) is 6.10. The fraction of sp³-hybridized carbons (Fsp3) is 0.440. The Bertz CT molecular complexity index is 1140. The topological polar surface area (TPSA) is 88.3 Å². The molecule has 166 valence electrons. The van der Waals surface area contributed by atoms with E-state index in [4.69, 9.17) is 4.52 Å². The number of piperidine rings is 1. The minimum Gasteiger partial charge on any atom is -0.351 e. The Morgan fingerprint density at radius 2 is 1.84 bits per heavy atom. The molecule has 1 aromatic carbocycles. The highest BCUT2D eigenvalue weighted by Crippen LogP contribution is 2.32. The van der Waals surface area contributed by atoms with Gasteiger partial charge in [0.25, 0.3) is 5.91 Å². The molecule has 1 saturated carbocycles. The molecule has 2 aliphatic rings. The number of aromatic nitrogens is 2. The van der Waals surface area contributed by atoms with Crippen LogP contribution in [0.25, 0.3) is 10.9 Å². The number of hydrogen-bond donors (Lipinski definition) is 1. The molecule has 2 fully saturated rings. The van der Waals surface area contributed by atoms with Gasteiger partial charge in [-0.2, -0.15) is 0 Å². The SMILES string of the molecule is Cc1ccc2cccc(NC(=O)c3cc(C4CCN(C(=O)C5CCCC5)CC4)no3)c2n1. The molecule has 7 nitrogen and oxygen atoms in total. The fourth-order valence-corrected chi connectivity index (χ4v) is 4.94. The first-order valence-corrected chi connectivity index (χ1v) is 11.5. The van der Waals surface area contributed by atoms with Crippen LogP contribution in [0.4, 0.5) is 5.69 Å². The van der Waals surface area contributed by atoms with Gasteiger partial charge in [0.1, 0.15) is 0 Å². The molecule has 2 aromatic heterocycles. The zero-order valence-corrected chi connectivity index (χ0v) is 18.3. The Kier molecular flexibility index (Phi) is 5.64. The first kappa shape index (κ1) is 20.7. The van der Waals surface area contributed by atoms with E-state index in [0.717, 1.165) is 61.1 Å². The Balaban J connectivity index is 1.23. The molecule has 2 amide bonds. The summed E-state index contributed by atoms with van der Waals surface area (Å²) in [5.41, 5.74) is 3.07. The van der Waals surface area contributed by atoms with E-state index in [1.54, 1.807) is 6.07 Å². The molecular weight excluding hydrogens is 404 g/mol. The molecule has 0 spiro atoms. The number of nitrogens with zero attached hydrogens (tertiary/aromatic N) is 3. The monoisotopic (exact) mass is 432 g/mol. The van der Waals surface area contributed by atoms with E-state index < -0.39 is 0 Å². The summed E-state index contributed by atoms with van der Waals surface area (Å²) in [5.74, 6) is 0.596. The zero-order valence-electron chi connectivity index (χ0n) is 18.3. The van der Waals surface area contributed by atoms with Crippen LogP contribution in [0.1, 0.15) is 66.4 Å². The van der Waals surface area contributed by atoms with Crippen LogP contribution in [0, 0.1) is 12.8 Å². The number of benzene rings is 1. The minimum absolute atomic E-state index is 0.189. The van der Waals surface area contributed by atoms with Crippen molar-refractivity contribution in [3.63, 3.8) is 0 Å². The van der Waals surface area contributed by atoms with Gasteiger partial charge in [-0.1, -0.05) is 36.2 Å². The molecule has 0 unspecified atom stereocenters. The maximum atomic E-state index is 12.8. The van der Waals surface area contributed by atoms with E-state index in [9.17, 15) is 9.59 Å². The van der Waals surface area contributed by atoms with Crippen LogP contribution >= 0.6 is 0 Å². The smallest absolute Gasteiger partial charge is 0.294 e. The van der Waals surface area contributed by atoms with Gasteiger partial charge in [-0.25, -0.2) is 0 Å². The van der Waals surface area contributed by atoms with Crippen molar-refractivity contribution < 1.29 is 14.1 Å². The van der Waals surface area contributed by atoms with Crippen molar-refractivity contribution in [2.75, 3.05) is 18.4 Å². The third kappa shape index (κ3) is 4.11. The highest BCUT2D eigenvalue weighted by atomic mass is 16.5. The molecule has 1 aliphatic carbocycles. The van der Waals surface area contributed by atoms with Crippen molar-refractivity contribution in [1.29, 1.82) is 0 Å². The number of hydrogen-bond acceptors (Lipinski definition) is 5. The van der Waals surface area contributed by atoms with Crippen LogP contribution < -0.4 is 5.32 Å². The van der Waals surface area contributed by atoms with Crippen LogP contribution in [-0.4, -0.2) is 39.9 Å². The number of pyridine rings is 1. The van der Waals surface area contributed by atoms with Crippen LogP contribution in [0.5, 0.6) is 0 Å². The van der Waals surface area contributed by atoms with E-state index in [1.165, 1.54) is 12.8 Å². The number of fused-ring (bicyclic) bond motifs is 1. The quantitative estimate of drug-likeness (QED) is 0.647. The molecule has 0 bridgehead atoms. The number of para-hydroxylation sites is 1. The highest BCUT2D eigenvalue weighted by Gasteiger charge is 2.31. The van der Waals surface area contributed by atoms with Gasteiger partial charge in [0, 0.05) is 42.1 Å². The Labute approximate surface area is 187 Å². The third-order valence-corrected chi connectivity index (χ3v) is 6.79. The molecule has 0 radical (unpaired) electrons. The normalized spacial score (nSPS) is 17.7. The van der Waals surface area contributed by atoms with Gasteiger partial charge in [0.2, 0.25) is 11.7 Å². The maximum Gasteiger partial charge on any atom is 0.294 e. The summed E-state index contributed by atoms with van der Waals surface area (Å²) in [7, 11) is 0. The van der Waals surface area contributed by atoms with Gasteiger partial charge in [-0.3, -0.25) is 14.6 Å². The van der Waals surface area contributed by atoms with Crippen LogP contribution in [0.15, 0.2) is 40.9 Å². The lowest BCUT2D eigenvalue weighted by Gasteiger charge is -2.32. The van der Waals surface area contributed by atoms with Gasteiger partial charge >= 0.3 is 0 Å². The highest BCUT2D eigenvalue weighted by molar-refractivity contribution is 6.06. The maximum absolute atomic E-state index is 12.8. The number of rotatable bonds is 4. The molecule has 3 aromatic rings. The number of likely N-dealkylation sites (tertiary alicyclic amines) is 1. The van der Waals surface area contributed by atoms with E-state index in [2.05, 4.69) is 15.5 Å². The largest absolute Gasteiger partial charge is 0.351 e. The Morgan fingerprint density at radius 3 is 2.62 bits per heavy atom. The second-order valence-corrected chi connectivity index (χ2v) is 8.98. The van der Waals surface area contributed by atoms with Crippen molar-refractivity contribution in [2.45, 2.75) is 51.4 Å². The second-order valence-electron chi connectivity index (χ2n) is 8.98. The summed E-state index contributed by atoms with van der Waals surface area (Å²) in [6.45, 7) is 3.41. The van der Waals surface area contributed by atoms with Crippen LogP contribution in [0.3, 0.4) is 0 Å². The first-order valence-electron chi connectivity index (χ1n) is 11.5. The average molecular weight is 433 g/mol. The van der Waals surface area contributed by atoms with Gasteiger partial charge in [-0.05, 0) is 44.7 Å².